The summed E-state index contributed by atoms with van der Waals surface area (Å²) in [5.74, 6) is 0. The SMILES string of the molecule is C#[N+]c1c([NH+]=C)c(C)c([I-]CC)c(N)c1[NH2+]C=C. The van der Waals surface area contributed by atoms with E-state index in [4.69, 9.17) is 12.3 Å². The average Bonchev–Trinajstić information content (AvgIpc) is 2.37. The molecule has 0 aromatic heterocycles. The summed E-state index contributed by atoms with van der Waals surface area (Å²) in [5.41, 5.74) is 10.4. The first kappa shape index (κ1) is 14.7. The second-order valence-corrected chi connectivity index (χ2v) is 6.97. The van der Waals surface area contributed by atoms with Crippen LogP contribution < -0.4 is 37.2 Å². The number of hydrogen-bond donors (Lipinski definition) is 3. The summed E-state index contributed by atoms with van der Waals surface area (Å²) in [6.45, 7) is 17.1. The van der Waals surface area contributed by atoms with Crippen molar-refractivity contribution in [3.05, 3.63) is 26.8 Å². The van der Waals surface area contributed by atoms with Crippen LogP contribution >= 0.6 is 0 Å². The van der Waals surface area contributed by atoms with E-state index in [9.17, 15) is 0 Å². The molecule has 0 fully saturated rings. The third-order valence-corrected chi connectivity index (χ3v) is 5.50. The number of nitrogens with zero attached hydrogens (tertiary/aromatic N) is 1. The molecule has 0 saturated carbocycles. The van der Waals surface area contributed by atoms with Gasteiger partial charge in [-0.1, -0.05) is 0 Å². The van der Waals surface area contributed by atoms with Crippen LogP contribution in [0.25, 0.3) is 4.85 Å². The van der Waals surface area contributed by atoms with Gasteiger partial charge in [0.1, 0.15) is 0 Å². The fourth-order valence-electron chi connectivity index (χ4n) is 1.81. The zero-order valence-corrected chi connectivity index (χ0v) is 12.9. The molecule has 18 heavy (non-hydrogen) atoms. The standard InChI is InChI=1S/C13H17IN4/c1-6-14-9-8(3)11(16-4)13(17-5)12(10(9)15)18-7-2/h5,7,18H,2,4,6,15H2,1,3H3/p+2. The first-order valence-electron chi connectivity index (χ1n) is 5.57. The Bertz CT molecular complexity index is 529. The predicted octanol–water partition coefficient (Wildman–Crippen LogP) is -2.80. The van der Waals surface area contributed by atoms with Crippen molar-refractivity contribution < 1.29 is 31.5 Å². The number of nitrogens with two attached hydrogens (primary N) is 2. The van der Waals surface area contributed by atoms with Gasteiger partial charge in [-0.2, -0.15) is 0 Å². The van der Waals surface area contributed by atoms with E-state index in [1.165, 1.54) is 3.57 Å². The molecular weight excluding hydrogens is 339 g/mol. The Kier molecular flexibility index (Phi) is 5.31. The van der Waals surface area contributed by atoms with Gasteiger partial charge in [0.25, 0.3) is 0 Å². The number of quaternary nitrogens is 1. The Balaban J connectivity index is 3.69. The Morgan fingerprint density at radius 1 is 1.61 bits per heavy atom. The van der Waals surface area contributed by atoms with Crippen molar-refractivity contribution in [2.24, 2.45) is 0 Å². The van der Waals surface area contributed by atoms with Crippen LogP contribution in [0.4, 0.5) is 22.7 Å². The predicted molar refractivity (Wildman–Crippen MR) is 72.3 cm³/mol. The zero-order valence-electron chi connectivity index (χ0n) is 10.8. The number of nitrogen functional groups attached to an aromatic ring is 1. The molecule has 0 heterocycles. The minimum atomic E-state index is -0.112. The van der Waals surface area contributed by atoms with Crippen LogP contribution in [0.15, 0.2) is 12.8 Å². The maximum absolute atomic E-state index is 6.24. The molecule has 0 bridgehead atoms. The summed E-state index contributed by atoms with van der Waals surface area (Å²) in [6.07, 6.45) is 1.69. The Hall–Kier alpha value is -1.39. The normalized spacial score (nSPS) is 10.1. The Labute approximate surface area is 118 Å². The second-order valence-electron chi connectivity index (χ2n) is 3.60. The molecule has 1 rings (SSSR count). The van der Waals surface area contributed by atoms with E-state index in [0.29, 0.717) is 5.69 Å². The van der Waals surface area contributed by atoms with Gasteiger partial charge in [-0.25, -0.2) is 0 Å². The van der Waals surface area contributed by atoms with Crippen LogP contribution in [-0.2, 0) is 0 Å². The van der Waals surface area contributed by atoms with Gasteiger partial charge in [-0.05, 0) is 0 Å². The molecule has 0 aliphatic heterocycles. The van der Waals surface area contributed by atoms with Crippen LogP contribution in [0.2, 0.25) is 0 Å². The first-order chi connectivity index (χ1) is 8.62. The van der Waals surface area contributed by atoms with Crippen LogP contribution in [-0.4, -0.2) is 11.1 Å². The van der Waals surface area contributed by atoms with E-state index < -0.39 is 0 Å². The number of benzene rings is 1. The van der Waals surface area contributed by atoms with Gasteiger partial charge in [0.15, 0.2) is 0 Å². The zero-order chi connectivity index (χ0) is 13.7. The van der Waals surface area contributed by atoms with Crippen molar-refractivity contribution in [2.75, 3.05) is 10.2 Å². The van der Waals surface area contributed by atoms with Gasteiger partial charge in [0.2, 0.25) is 0 Å². The molecule has 0 aliphatic rings. The third-order valence-electron chi connectivity index (χ3n) is 2.58. The van der Waals surface area contributed by atoms with Gasteiger partial charge in [-0.15, -0.1) is 0 Å². The number of halogens is 1. The summed E-state index contributed by atoms with van der Waals surface area (Å²) < 4.78 is 2.36. The van der Waals surface area contributed by atoms with Crippen molar-refractivity contribution in [1.82, 2.24) is 0 Å². The van der Waals surface area contributed by atoms with Gasteiger partial charge in [0, 0.05) is 0 Å². The summed E-state index contributed by atoms with van der Waals surface area (Å²) in [5, 5.41) is 1.84. The first-order valence-corrected chi connectivity index (χ1v) is 8.17. The van der Waals surface area contributed by atoms with Gasteiger partial charge in [0.05, 0.1) is 0 Å². The van der Waals surface area contributed by atoms with Crippen molar-refractivity contribution in [2.45, 2.75) is 13.8 Å². The minimum absolute atomic E-state index is 0.112. The van der Waals surface area contributed by atoms with Crippen molar-refractivity contribution in [3.63, 3.8) is 0 Å². The van der Waals surface area contributed by atoms with Gasteiger partial charge >= 0.3 is 118 Å². The molecule has 0 radical (unpaired) electrons. The molecule has 5 N–H and O–H groups in total. The quantitative estimate of drug-likeness (QED) is 0.227. The van der Waals surface area contributed by atoms with E-state index in [0.717, 1.165) is 27.1 Å². The van der Waals surface area contributed by atoms with E-state index in [1.807, 2.05) is 12.2 Å². The summed E-state index contributed by atoms with van der Waals surface area (Å²) in [4.78, 5) is 6.76. The third kappa shape index (κ3) is 2.54. The molecule has 4 nitrogen and oxygen atoms in total. The number of hydrogen-bond acceptors (Lipinski definition) is 1. The topological polar surface area (TPSA) is 61.0 Å². The molecule has 1 aromatic carbocycles. The van der Waals surface area contributed by atoms with Crippen LogP contribution in [0, 0.1) is 17.1 Å². The molecule has 0 unspecified atom stereocenters. The number of rotatable bonds is 5. The van der Waals surface area contributed by atoms with Crippen molar-refractivity contribution >= 4 is 29.5 Å². The van der Waals surface area contributed by atoms with E-state index in [1.54, 1.807) is 6.20 Å². The van der Waals surface area contributed by atoms with Crippen LogP contribution in [0.3, 0.4) is 0 Å². The molecule has 0 atom stereocenters. The molecular formula is C13H19IN4+2. The molecule has 1 aromatic rings. The number of alkyl halides is 1. The molecule has 96 valence electrons. The fraction of sp³-hybridized carbons (Fsp3) is 0.231. The van der Waals surface area contributed by atoms with Crippen molar-refractivity contribution in [3.8, 4) is 6.57 Å². The second kappa shape index (κ2) is 6.52. The molecule has 5 heteroatoms. The van der Waals surface area contributed by atoms with Crippen molar-refractivity contribution in [1.29, 1.82) is 0 Å². The Morgan fingerprint density at radius 3 is 2.72 bits per heavy atom. The van der Waals surface area contributed by atoms with Gasteiger partial charge in [-0.3, -0.25) is 0 Å². The fourth-order valence-corrected chi connectivity index (χ4v) is 4.12. The van der Waals surface area contributed by atoms with Gasteiger partial charge < -0.3 is 0 Å². The maximum atomic E-state index is 6.24. The van der Waals surface area contributed by atoms with Crippen LogP contribution in [0.5, 0.6) is 0 Å². The Morgan fingerprint density at radius 2 is 2.28 bits per heavy atom. The number of anilines is 1. The monoisotopic (exact) mass is 358 g/mol. The summed E-state index contributed by atoms with van der Waals surface area (Å²) >= 11 is -0.112. The average molecular weight is 358 g/mol. The number of nitrogens with one attached hydrogen (secondary N) is 1. The van der Waals surface area contributed by atoms with E-state index >= 15 is 0 Å². The molecule has 0 saturated heterocycles. The molecule has 0 amide bonds. The van der Waals surface area contributed by atoms with E-state index in [2.05, 4.69) is 30.1 Å². The summed E-state index contributed by atoms with van der Waals surface area (Å²) in [6, 6.07) is 0. The summed E-state index contributed by atoms with van der Waals surface area (Å²) in [7, 11) is 0. The van der Waals surface area contributed by atoms with E-state index in [-0.39, 0.29) is 21.2 Å². The molecule has 0 spiro atoms. The van der Waals surface area contributed by atoms with Crippen LogP contribution in [0.1, 0.15) is 12.5 Å². The molecule has 0 aliphatic carbocycles.